The number of carbonyl (C=O) groups is 2. The summed E-state index contributed by atoms with van der Waals surface area (Å²) in [5.41, 5.74) is 1.37. The Morgan fingerprint density at radius 2 is 1.85 bits per heavy atom. The van der Waals surface area contributed by atoms with Crippen LogP contribution in [-0.2, 0) is 16.1 Å². The van der Waals surface area contributed by atoms with Crippen molar-refractivity contribution in [3.63, 3.8) is 0 Å². The molecule has 1 unspecified atom stereocenters. The van der Waals surface area contributed by atoms with Gasteiger partial charge in [-0.15, -0.1) is 0 Å². The lowest BCUT2D eigenvalue weighted by Crippen LogP contribution is -2.29. The first-order valence-corrected chi connectivity index (χ1v) is 10.3. The number of Topliss-reactive ketones (excluding diaryl/α,β-unsaturated/α-hetero) is 1. The predicted molar refractivity (Wildman–Crippen MR) is 121 cm³/mol. The highest BCUT2D eigenvalue weighted by Gasteiger charge is 2.46. The molecular formula is C26H21FN2O4. The van der Waals surface area contributed by atoms with Gasteiger partial charge in [0.2, 0.25) is 0 Å². The van der Waals surface area contributed by atoms with Gasteiger partial charge >= 0.3 is 0 Å². The smallest absolute Gasteiger partial charge is 0.295 e. The molecule has 1 aliphatic rings. The van der Waals surface area contributed by atoms with Crippen molar-refractivity contribution in [1.29, 1.82) is 0 Å². The molecule has 0 bridgehead atoms. The molecule has 6 nitrogen and oxygen atoms in total. The van der Waals surface area contributed by atoms with Crippen LogP contribution in [0.5, 0.6) is 5.75 Å². The number of hydrogen-bond acceptors (Lipinski definition) is 5. The van der Waals surface area contributed by atoms with E-state index < -0.39 is 23.5 Å². The molecular weight excluding hydrogens is 423 g/mol. The molecule has 0 saturated carbocycles. The fourth-order valence-electron chi connectivity index (χ4n) is 3.77. The van der Waals surface area contributed by atoms with E-state index in [1.54, 1.807) is 60.9 Å². The van der Waals surface area contributed by atoms with E-state index in [0.717, 1.165) is 5.56 Å². The van der Waals surface area contributed by atoms with Crippen LogP contribution in [0.2, 0.25) is 0 Å². The lowest BCUT2D eigenvalue weighted by Gasteiger charge is -2.25. The molecule has 1 aliphatic heterocycles. The van der Waals surface area contributed by atoms with Gasteiger partial charge < -0.3 is 14.7 Å². The van der Waals surface area contributed by atoms with Crippen LogP contribution in [0, 0.1) is 5.82 Å². The van der Waals surface area contributed by atoms with Crippen LogP contribution in [0.25, 0.3) is 5.76 Å². The second-order valence-electron chi connectivity index (χ2n) is 7.46. The number of aliphatic hydroxyl groups is 1. The Bertz CT molecular complexity index is 1220. The first kappa shape index (κ1) is 22.0. The summed E-state index contributed by atoms with van der Waals surface area (Å²) in [5, 5.41) is 11.1. The number of benzene rings is 2. The summed E-state index contributed by atoms with van der Waals surface area (Å²) in [6.07, 6.45) is 4.77. The lowest BCUT2D eigenvalue weighted by molar-refractivity contribution is -0.140. The molecule has 33 heavy (non-hydrogen) atoms. The van der Waals surface area contributed by atoms with Gasteiger partial charge in [-0.2, -0.15) is 0 Å². The molecule has 166 valence electrons. The fourth-order valence-corrected chi connectivity index (χ4v) is 3.77. The Kier molecular flexibility index (Phi) is 6.31. The molecule has 1 fully saturated rings. The minimum atomic E-state index is -0.953. The maximum Gasteiger partial charge on any atom is 0.295 e. The van der Waals surface area contributed by atoms with E-state index in [4.69, 9.17) is 4.74 Å². The van der Waals surface area contributed by atoms with Crippen LogP contribution in [0.4, 0.5) is 4.39 Å². The topological polar surface area (TPSA) is 79.7 Å². The molecule has 1 atom stereocenters. The van der Waals surface area contributed by atoms with Crippen LogP contribution in [-0.4, -0.2) is 33.3 Å². The largest absolute Gasteiger partial charge is 0.507 e. The summed E-state index contributed by atoms with van der Waals surface area (Å²) in [4.78, 5) is 31.3. The van der Waals surface area contributed by atoms with Crippen LogP contribution in [0.1, 0.15) is 22.7 Å². The Hall–Kier alpha value is -4.26. The minimum absolute atomic E-state index is 0.0966. The fraction of sp³-hybridized carbons (Fsp3) is 0.115. The number of hydrogen-bond donors (Lipinski definition) is 1. The molecule has 7 heteroatoms. The van der Waals surface area contributed by atoms with Crippen LogP contribution in [0.15, 0.2) is 91.3 Å². The van der Waals surface area contributed by atoms with E-state index in [2.05, 4.69) is 11.6 Å². The van der Waals surface area contributed by atoms with Crippen molar-refractivity contribution < 1.29 is 23.8 Å². The highest BCUT2D eigenvalue weighted by Crippen LogP contribution is 2.40. The van der Waals surface area contributed by atoms with Gasteiger partial charge in [0.25, 0.3) is 11.7 Å². The van der Waals surface area contributed by atoms with Gasteiger partial charge in [-0.3, -0.25) is 14.6 Å². The van der Waals surface area contributed by atoms with Gasteiger partial charge in [0.05, 0.1) is 11.6 Å². The molecule has 1 amide bonds. The van der Waals surface area contributed by atoms with Crippen LogP contribution < -0.4 is 4.74 Å². The summed E-state index contributed by atoms with van der Waals surface area (Å²) in [7, 11) is 0. The van der Waals surface area contributed by atoms with Crippen LogP contribution >= 0.6 is 0 Å². The number of likely N-dealkylation sites (tertiary alicyclic amines) is 1. The number of rotatable bonds is 7. The summed E-state index contributed by atoms with van der Waals surface area (Å²) in [6, 6.07) is 14.6. The number of halogens is 1. The van der Waals surface area contributed by atoms with Crippen molar-refractivity contribution in [2.45, 2.75) is 12.6 Å². The SMILES string of the molecule is C=CCOc1ccc(/C(O)=C2\C(=O)C(=O)N(Cc3ccncc3)C2c2cccc(F)c2)cc1. The van der Waals surface area contributed by atoms with Gasteiger partial charge in [0.1, 0.15) is 23.9 Å². The first-order chi connectivity index (χ1) is 16.0. The molecule has 2 aromatic carbocycles. The van der Waals surface area contributed by atoms with Crippen molar-refractivity contribution in [1.82, 2.24) is 9.88 Å². The van der Waals surface area contributed by atoms with Crippen molar-refractivity contribution >= 4 is 17.4 Å². The molecule has 0 radical (unpaired) electrons. The highest BCUT2D eigenvalue weighted by molar-refractivity contribution is 6.46. The van der Waals surface area contributed by atoms with Gasteiger partial charge in [0, 0.05) is 24.5 Å². The highest BCUT2D eigenvalue weighted by atomic mass is 19.1. The standard InChI is InChI=1S/C26H21FN2O4/c1-2-14-33-21-8-6-18(7-9-21)24(30)22-23(19-4-3-5-20(27)15-19)29(26(32)25(22)31)16-17-10-12-28-13-11-17/h2-13,15,23,30H,1,14,16H2/b24-22+. The van der Waals surface area contributed by atoms with E-state index in [1.165, 1.54) is 23.1 Å². The normalized spacial score (nSPS) is 17.2. The third-order valence-electron chi connectivity index (χ3n) is 5.30. The van der Waals surface area contributed by atoms with E-state index in [1.807, 2.05) is 0 Å². The Balaban J connectivity index is 1.79. The molecule has 0 aliphatic carbocycles. The maximum absolute atomic E-state index is 14.1. The number of ketones is 1. The molecule has 2 heterocycles. The first-order valence-electron chi connectivity index (χ1n) is 10.3. The van der Waals surface area contributed by atoms with Gasteiger partial charge in [-0.25, -0.2) is 4.39 Å². The number of carbonyl (C=O) groups excluding carboxylic acids is 2. The third kappa shape index (κ3) is 4.52. The molecule has 1 saturated heterocycles. The maximum atomic E-state index is 14.1. The second-order valence-corrected chi connectivity index (χ2v) is 7.46. The van der Waals surface area contributed by atoms with E-state index in [-0.39, 0.29) is 17.9 Å². The zero-order valence-electron chi connectivity index (χ0n) is 17.6. The summed E-state index contributed by atoms with van der Waals surface area (Å²) < 4.78 is 19.5. The number of aromatic nitrogens is 1. The number of aliphatic hydroxyl groups excluding tert-OH is 1. The third-order valence-corrected chi connectivity index (χ3v) is 5.30. The summed E-state index contributed by atoms with van der Waals surface area (Å²) in [6.45, 7) is 4.01. The minimum Gasteiger partial charge on any atom is -0.507 e. The van der Waals surface area contributed by atoms with E-state index in [9.17, 15) is 19.1 Å². The van der Waals surface area contributed by atoms with E-state index in [0.29, 0.717) is 23.5 Å². The quantitative estimate of drug-likeness (QED) is 0.253. The van der Waals surface area contributed by atoms with Crippen molar-refractivity contribution in [2.24, 2.45) is 0 Å². The van der Waals surface area contributed by atoms with Crippen molar-refractivity contribution in [2.75, 3.05) is 6.61 Å². The monoisotopic (exact) mass is 444 g/mol. The molecule has 1 aromatic heterocycles. The number of nitrogens with zero attached hydrogens (tertiary/aromatic N) is 2. The Morgan fingerprint density at radius 3 is 2.52 bits per heavy atom. The summed E-state index contributed by atoms with van der Waals surface area (Å²) >= 11 is 0. The molecule has 1 N–H and O–H groups in total. The zero-order chi connectivity index (χ0) is 23.4. The van der Waals surface area contributed by atoms with Gasteiger partial charge in [-0.1, -0.05) is 24.8 Å². The predicted octanol–water partition coefficient (Wildman–Crippen LogP) is 4.41. The Morgan fingerprint density at radius 1 is 1.12 bits per heavy atom. The molecule has 4 rings (SSSR count). The lowest BCUT2D eigenvalue weighted by atomic mass is 9.95. The van der Waals surface area contributed by atoms with E-state index >= 15 is 0 Å². The van der Waals surface area contributed by atoms with Crippen molar-refractivity contribution in [3.8, 4) is 5.75 Å². The second kappa shape index (κ2) is 9.48. The number of ether oxygens (including phenoxy) is 1. The number of pyridine rings is 1. The average Bonchev–Trinajstić information content (AvgIpc) is 3.08. The molecule has 0 spiro atoms. The average molecular weight is 444 g/mol. The number of amides is 1. The summed E-state index contributed by atoms with van der Waals surface area (Å²) in [5.74, 6) is -1.89. The van der Waals surface area contributed by atoms with Gasteiger partial charge in [0.15, 0.2) is 0 Å². The molecule has 3 aromatic rings. The Labute approximate surface area is 190 Å². The van der Waals surface area contributed by atoms with Gasteiger partial charge in [-0.05, 0) is 59.7 Å². The zero-order valence-corrected chi connectivity index (χ0v) is 17.6. The van der Waals surface area contributed by atoms with Crippen molar-refractivity contribution in [3.05, 3.63) is 114 Å². The van der Waals surface area contributed by atoms with Crippen LogP contribution in [0.3, 0.4) is 0 Å².